The lowest BCUT2D eigenvalue weighted by Crippen LogP contribution is -2.46. The molecule has 4 nitrogen and oxygen atoms in total. The van der Waals surface area contributed by atoms with Crippen molar-refractivity contribution >= 4 is 23.6 Å². The maximum atomic E-state index is 12.1. The number of carbonyl (C=O) groups is 2. The van der Waals surface area contributed by atoms with E-state index in [0.29, 0.717) is 5.56 Å². The molecule has 2 atom stereocenters. The summed E-state index contributed by atoms with van der Waals surface area (Å²) >= 11 is 1.60. The fourth-order valence-electron chi connectivity index (χ4n) is 1.99. The first-order valence-corrected chi connectivity index (χ1v) is 8.65. The van der Waals surface area contributed by atoms with Gasteiger partial charge >= 0.3 is 5.97 Å². The predicted octanol–water partition coefficient (Wildman–Crippen LogP) is 3.07. The number of rotatable bonds is 9. The summed E-state index contributed by atoms with van der Waals surface area (Å²) in [6.07, 6.45) is 2.19. The number of thioether (sulfide) groups is 1. The van der Waals surface area contributed by atoms with E-state index < -0.39 is 11.4 Å². The average Bonchev–Trinajstić information content (AvgIpc) is 2.53. The van der Waals surface area contributed by atoms with E-state index in [1.807, 2.05) is 25.1 Å². The molecule has 1 rings (SSSR count). The number of carboxylic acid groups (broad SMARTS) is 1. The van der Waals surface area contributed by atoms with Gasteiger partial charge in [-0.1, -0.05) is 43.7 Å². The molecule has 1 aromatic rings. The second-order valence-electron chi connectivity index (χ2n) is 5.59. The molecule has 2 unspecified atom stereocenters. The molecule has 0 radical (unpaired) electrons. The van der Waals surface area contributed by atoms with E-state index in [1.165, 1.54) is 0 Å². The molecule has 122 valence electrons. The van der Waals surface area contributed by atoms with Gasteiger partial charge in [0, 0.05) is 6.54 Å². The number of carboxylic acids is 1. The van der Waals surface area contributed by atoms with Crippen LogP contribution in [0.4, 0.5) is 0 Å². The van der Waals surface area contributed by atoms with E-state index in [4.69, 9.17) is 0 Å². The van der Waals surface area contributed by atoms with Gasteiger partial charge in [-0.2, -0.15) is 0 Å². The number of amides is 1. The predicted molar refractivity (Wildman–Crippen MR) is 91.3 cm³/mol. The topological polar surface area (TPSA) is 66.4 Å². The van der Waals surface area contributed by atoms with Gasteiger partial charge in [-0.05, 0) is 31.6 Å². The summed E-state index contributed by atoms with van der Waals surface area (Å²) in [5, 5.41) is 12.2. The molecular formula is C17H25NO3S. The van der Waals surface area contributed by atoms with Crippen molar-refractivity contribution < 1.29 is 14.7 Å². The van der Waals surface area contributed by atoms with Gasteiger partial charge in [0.25, 0.3) is 0 Å². The van der Waals surface area contributed by atoms with Gasteiger partial charge in [0.05, 0.1) is 5.25 Å². The van der Waals surface area contributed by atoms with Crippen LogP contribution in [0.5, 0.6) is 0 Å². The monoisotopic (exact) mass is 323 g/mol. The highest BCUT2D eigenvalue weighted by molar-refractivity contribution is 8.00. The molecule has 0 spiro atoms. The molecule has 0 aliphatic heterocycles. The highest BCUT2D eigenvalue weighted by atomic mass is 32.2. The molecule has 0 saturated carbocycles. The van der Waals surface area contributed by atoms with Crippen molar-refractivity contribution in [3.05, 3.63) is 35.9 Å². The summed E-state index contributed by atoms with van der Waals surface area (Å²) in [5.41, 5.74) is -0.431. The Bertz CT molecular complexity index is 492. The fraction of sp³-hybridized carbons (Fsp3) is 0.529. The van der Waals surface area contributed by atoms with Crippen LogP contribution >= 0.6 is 11.8 Å². The van der Waals surface area contributed by atoms with Crippen molar-refractivity contribution in [2.75, 3.05) is 12.3 Å². The quantitative estimate of drug-likeness (QED) is 0.685. The second-order valence-corrected chi connectivity index (χ2v) is 7.04. The van der Waals surface area contributed by atoms with Crippen LogP contribution in [0.15, 0.2) is 30.3 Å². The van der Waals surface area contributed by atoms with Crippen LogP contribution in [0, 0.1) is 0 Å². The molecule has 2 N–H and O–H groups in total. The van der Waals surface area contributed by atoms with Crippen LogP contribution in [-0.4, -0.2) is 34.5 Å². The molecular weight excluding hydrogens is 298 g/mol. The van der Waals surface area contributed by atoms with Crippen molar-refractivity contribution in [3.63, 3.8) is 0 Å². The van der Waals surface area contributed by atoms with Crippen LogP contribution < -0.4 is 5.32 Å². The lowest BCUT2D eigenvalue weighted by Gasteiger charge is -2.26. The first kappa shape index (κ1) is 18.6. The van der Waals surface area contributed by atoms with E-state index in [-0.39, 0.29) is 17.7 Å². The number of hydrogen-bond donors (Lipinski definition) is 2. The fourth-order valence-corrected chi connectivity index (χ4v) is 3.04. The molecule has 22 heavy (non-hydrogen) atoms. The average molecular weight is 323 g/mol. The number of unbranched alkanes of at least 4 members (excludes halogenated alkanes) is 1. The zero-order valence-corrected chi connectivity index (χ0v) is 14.3. The number of aliphatic carboxylic acids is 1. The smallest absolute Gasteiger partial charge is 0.315 e. The number of nitrogens with one attached hydrogen (secondary N) is 1. The largest absolute Gasteiger partial charge is 0.481 e. The molecule has 0 heterocycles. The van der Waals surface area contributed by atoms with Crippen molar-refractivity contribution in [1.29, 1.82) is 0 Å². The third-order valence-electron chi connectivity index (χ3n) is 3.73. The number of benzene rings is 1. The van der Waals surface area contributed by atoms with Gasteiger partial charge in [0.15, 0.2) is 0 Å². The molecule has 0 aliphatic rings. The summed E-state index contributed by atoms with van der Waals surface area (Å²) in [4.78, 5) is 23.8. The first-order chi connectivity index (χ1) is 10.4. The zero-order valence-electron chi connectivity index (χ0n) is 13.5. The Morgan fingerprint density at radius 2 is 1.95 bits per heavy atom. The van der Waals surface area contributed by atoms with E-state index in [9.17, 15) is 14.7 Å². The van der Waals surface area contributed by atoms with Crippen LogP contribution in [0.2, 0.25) is 0 Å². The summed E-state index contributed by atoms with van der Waals surface area (Å²) in [7, 11) is 0. The van der Waals surface area contributed by atoms with E-state index >= 15 is 0 Å². The van der Waals surface area contributed by atoms with Crippen molar-refractivity contribution in [2.45, 2.75) is 44.3 Å². The Hall–Kier alpha value is -1.49. The molecule has 1 amide bonds. The van der Waals surface area contributed by atoms with Crippen LogP contribution in [0.25, 0.3) is 0 Å². The Labute approximate surface area is 136 Å². The van der Waals surface area contributed by atoms with Gasteiger partial charge in [-0.25, -0.2) is 0 Å². The maximum Gasteiger partial charge on any atom is 0.315 e. The van der Waals surface area contributed by atoms with Crippen molar-refractivity contribution in [3.8, 4) is 0 Å². The lowest BCUT2D eigenvalue weighted by atomic mass is 9.82. The highest BCUT2D eigenvalue weighted by Crippen LogP contribution is 2.23. The van der Waals surface area contributed by atoms with E-state index in [1.54, 1.807) is 30.8 Å². The maximum absolute atomic E-state index is 12.1. The minimum Gasteiger partial charge on any atom is -0.481 e. The Morgan fingerprint density at radius 1 is 1.32 bits per heavy atom. The van der Waals surface area contributed by atoms with E-state index in [0.717, 1.165) is 18.6 Å². The molecule has 1 aromatic carbocycles. The number of carbonyl (C=O) groups excluding carboxylic acids is 1. The van der Waals surface area contributed by atoms with Gasteiger partial charge in [0.2, 0.25) is 5.91 Å². The molecule has 0 saturated heterocycles. The van der Waals surface area contributed by atoms with Gasteiger partial charge in [-0.3, -0.25) is 9.59 Å². The third-order valence-corrected chi connectivity index (χ3v) is 4.97. The van der Waals surface area contributed by atoms with E-state index in [2.05, 4.69) is 12.2 Å². The summed E-state index contributed by atoms with van der Waals surface area (Å²) < 4.78 is 0. The van der Waals surface area contributed by atoms with Crippen LogP contribution in [0.3, 0.4) is 0 Å². The van der Waals surface area contributed by atoms with Gasteiger partial charge < -0.3 is 10.4 Å². The van der Waals surface area contributed by atoms with Gasteiger partial charge in [0.1, 0.15) is 5.41 Å². The minimum absolute atomic E-state index is 0.0872. The SMILES string of the molecule is CCCCSC(C)C(=O)NCC(C)(C(=O)O)c1ccccc1. The molecule has 0 aliphatic carbocycles. The van der Waals surface area contributed by atoms with Crippen molar-refractivity contribution in [1.82, 2.24) is 5.32 Å². The summed E-state index contributed by atoms with van der Waals surface area (Å²) in [6, 6.07) is 9.01. The van der Waals surface area contributed by atoms with Gasteiger partial charge in [-0.15, -0.1) is 11.8 Å². The van der Waals surface area contributed by atoms with Crippen LogP contribution in [-0.2, 0) is 15.0 Å². The third kappa shape index (κ3) is 5.05. The first-order valence-electron chi connectivity index (χ1n) is 7.60. The highest BCUT2D eigenvalue weighted by Gasteiger charge is 2.35. The second kappa shape index (κ2) is 8.83. The molecule has 0 fully saturated rings. The standard InChI is InChI=1S/C17H25NO3S/c1-4-5-11-22-13(2)15(19)18-12-17(3,16(20)21)14-9-7-6-8-10-14/h6-10,13H,4-5,11-12H2,1-3H3,(H,18,19)(H,20,21). The Kier molecular flexibility index (Phi) is 7.45. The normalized spacial score (nSPS) is 14.9. The molecule has 0 bridgehead atoms. The molecule has 0 aromatic heterocycles. The lowest BCUT2D eigenvalue weighted by molar-refractivity contribution is -0.143. The number of hydrogen-bond acceptors (Lipinski definition) is 3. The summed E-state index contributed by atoms with van der Waals surface area (Å²) in [6.45, 7) is 5.70. The Morgan fingerprint density at radius 3 is 2.50 bits per heavy atom. The summed E-state index contributed by atoms with van der Waals surface area (Å²) in [5.74, 6) is -0.102. The minimum atomic E-state index is -1.12. The van der Waals surface area contributed by atoms with Crippen molar-refractivity contribution in [2.24, 2.45) is 0 Å². The molecule has 5 heteroatoms. The Balaban J connectivity index is 2.66. The zero-order chi connectivity index (χ0) is 16.6. The van der Waals surface area contributed by atoms with Crippen LogP contribution in [0.1, 0.15) is 39.2 Å².